The Kier molecular flexibility index (Phi) is 4.37. The zero-order valence-electron chi connectivity index (χ0n) is 9.05. The van der Waals surface area contributed by atoms with Gasteiger partial charge in [-0.15, -0.1) is 0 Å². The van der Waals surface area contributed by atoms with Gasteiger partial charge in [0.1, 0.15) is 5.75 Å². The summed E-state index contributed by atoms with van der Waals surface area (Å²) in [4.78, 5) is 0. The maximum absolute atomic E-state index is 13.4. The quantitative estimate of drug-likeness (QED) is 0.810. The lowest BCUT2D eigenvalue weighted by atomic mass is 10.1. The van der Waals surface area contributed by atoms with Crippen molar-refractivity contribution < 1.29 is 13.9 Å². The highest BCUT2D eigenvalue weighted by Gasteiger charge is 2.14. The van der Waals surface area contributed by atoms with Crippen LogP contribution in [0.2, 0.25) is 0 Å². The van der Waals surface area contributed by atoms with Crippen LogP contribution in [-0.4, -0.2) is 20.8 Å². The van der Waals surface area contributed by atoms with Gasteiger partial charge in [0.2, 0.25) is 0 Å². The molecule has 0 spiro atoms. The fourth-order valence-electron chi connectivity index (χ4n) is 1.51. The van der Waals surface area contributed by atoms with E-state index in [-0.39, 0.29) is 11.6 Å². The van der Waals surface area contributed by atoms with E-state index in [1.807, 2.05) is 0 Å². The van der Waals surface area contributed by atoms with Crippen molar-refractivity contribution in [1.82, 2.24) is 0 Å². The van der Waals surface area contributed by atoms with Gasteiger partial charge in [0.05, 0.1) is 14.2 Å². The van der Waals surface area contributed by atoms with Crippen LogP contribution in [0, 0.1) is 5.82 Å². The van der Waals surface area contributed by atoms with Gasteiger partial charge in [0.15, 0.2) is 11.6 Å². The molecule has 4 heteroatoms. The molecule has 0 aliphatic rings. The second-order valence-corrected chi connectivity index (χ2v) is 3.15. The molecule has 15 heavy (non-hydrogen) atoms. The van der Waals surface area contributed by atoms with E-state index in [2.05, 4.69) is 0 Å². The summed E-state index contributed by atoms with van der Waals surface area (Å²) in [5, 5.41) is 0. The van der Waals surface area contributed by atoms with Gasteiger partial charge < -0.3 is 15.2 Å². The molecule has 0 aliphatic heterocycles. The highest BCUT2D eigenvalue weighted by atomic mass is 19.1. The van der Waals surface area contributed by atoms with Crippen molar-refractivity contribution in [2.24, 2.45) is 5.73 Å². The number of rotatable bonds is 5. The van der Waals surface area contributed by atoms with Gasteiger partial charge in [-0.2, -0.15) is 0 Å². The molecule has 84 valence electrons. The molecule has 0 unspecified atom stereocenters. The molecule has 3 nitrogen and oxygen atoms in total. The van der Waals surface area contributed by atoms with E-state index in [4.69, 9.17) is 15.2 Å². The van der Waals surface area contributed by atoms with E-state index in [0.29, 0.717) is 18.7 Å². The molecular formula is C11H16FNO2. The van der Waals surface area contributed by atoms with Crippen molar-refractivity contribution in [3.8, 4) is 11.5 Å². The Labute approximate surface area is 89.0 Å². The standard InChI is InChI=1S/C11H16FNO2/c1-14-10-6-5-9(12)11(15-2)8(10)4-3-7-13/h5-6H,3-4,7,13H2,1-2H3. The molecule has 2 N–H and O–H groups in total. The van der Waals surface area contributed by atoms with Gasteiger partial charge in [-0.1, -0.05) is 0 Å². The molecule has 0 fully saturated rings. The van der Waals surface area contributed by atoms with Crippen LogP contribution in [0.15, 0.2) is 12.1 Å². The average Bonchev–Trinajstić information content (AvgIpc) is 2.26. The normalized spacial score (nSPS) is 10.1. The highest BCUT2D eigenvalue weighted by Crippen LogP contribution is 2.31. The van der Waals surface area contributed by atoms with Crippen LogP contribution in [0.1, 0.15) is 12.0 Å². The predicted octanol–water partition coefficient (Wildman–Crippen LogP) is 1.73. The number of halogens is 1. The topological polar surface area (TPSA) is 44.5 Å². The average molecular weight is 213 g/mol. The van der Waals surface area contributed by atoms with Crippen LogP contribution in [0.3, 0.4) is 0 Å². The molecule has 1 rings (SSSR count). The third-order valence-corrected chi connectivity index (χ3v) is 2.22. The van der Waals surface area contributed by atoms with E-state index >= 15 is 0 Å². The Morgan fingerprint density at radius 3 is 2.53 bits per heavy atom. The fourth-order valence-corrected chi connectivity index (χ4v) is 1.51. The van der Waals surface area contributed by atoms with E-state index < -0.39 is 0 Å². The van der Waals surface area contributed by atoms with E-state index in [1.54, 1.807) is 13.2 Å². The molecule has 0 heterocycles. The maximum atomic E-state index is 13.4. The highest BCUT2D eigenvalue weighted by molar-refractivity contribution is 5.45. The van der Waals surface area contributed by atoms with Crippen LogP contribution in [0.4, 0.5) is 4.39 Å². The van der Waals surface area contributed by atoms with Gasteiger partial charge in [0.25, 0.3) is 0 Å². The van der Waals surface area contributed by atoms with Gasteiger partial charge >= 0.3 is 0 Å². The molecular weight excluding hydrogens is 197 g/mol. The van der Waals surface area contributed by atoms with Gasteiger partial charge in [-0.25, -0.2) is 4.39 Å². The Morgan fingerprint density at radius 1 is 1.27 bits per heavy atom. The molecule has 1 aromatic carbocycles. The van der Waals surface area contributed by atoms with E-state index in [0.717, 1.165) is 12.0 Å². The molecule has 0 amide bonds. The maximum Gasteiger partial charge on any atom is 0.165 e. The smallest absolute Gasteiger partial charge is 0.165 e. The molecule has 0 aromatic heterocycles. The largest absolute Gasteiger partial charge is 0.496 e. The lowest BCUT2D eigenvalue weighted by molar-refractivity contribution is 0.365. The number of ether oxygens (including phenoxy) is 2. The Hall–Kier alpha value is -1.29. The number of hydrogen-bond donors (Lipinski definition) is 1. The summed E-state index contributed by atoms with van der Waals surface area (Å²) in [6.07, 6.45) is 1.43. The monoisotopic (exact) mass is 213 g/mol. The molecule has 1 aromatic rings. The summed E-state index contributed by atoms with van der Waals surface area (Å²) in [6, 6.07) is 2.94. The minimum atomic E-state index is -0.370. The number of hydrogen-bond acceptors (Lipinski definition) is 3. The second-order valence-electron chi connectivity index (χ2n) is 3.15. The molecule has 0 saturated heterocycles. The fraction of sp³-hybridized carbons (Fsp3) is 0.455. The first-order chi connectivity index (χ1) is 7.24. The molecule has 0 radical (unpaired) electrons. The van der Waals surface area contributed by atoms with Gasteiger partial charge in [0, 0.05) is 5.56 Å². The van der Waals surface area contributed by atoms with Crippen molar-refractivity contribution >= 4 is 0 Å². The van der Waals surface area contributed by atoms with Crippen LogP contribution in [-0.2, 0) is 6.42 Å². The summed E-state index contributed by atoms with van der Waals surface area (Å²) >= 11 is 0. The minimum absolute atomic E-state index is 0.253. The Balaban J connectivity index is 3.09. The number of benzene rings is 1. The van der Waals surface area contributed by atoms with Gasteiger partial charge in [-0.05, 0) is 31.5 Å². The summed E-state index contributed by atoms with van der Waals surface area (Å²) < 4.78 is 23.6. The van der Waals surface area contributed by atoms with Crippen LogP contribution >= 0.6 is 0 Å². The zero-order valence-corrected chi connectivity index (χ0v) is 9.05. The first-order valence-electron chi connectivity index (χ1n) is 4.84. The van der Waals surface area contributed by atoms with Crippen LogP contribution in [0.25, 0.3) is 0 Å². The SMILES string of the molecule is COc1ccc(F)c(OC)c1CCCN. The van der Waals surface area contributed by atoms with Crippen molar-refractivity contribution in [2.75, 3.05) is 20.8 Å². The third-order valence-electron chi connectivity index (χ3n) is 2.22. The van der Waals surface area contributed by atoms with Crippen LogP contribution < -0.4 is 15.2 Å². The molecule has 0 saturated carbocycles. The second kappa shape index (κ2) is 5.56. The summed E-state index contributed by atoms with van der Waals surface area (Å²) in [5.74, 6) is 0.523. The van der Waals surface area contributed by atoms with E-state index in [9.17, 15) is 4.39 Å². The van der Waals surface area contributed by atoms with Crippen molar-refractivity contribution in [3.05, 3.63) is 23.5 Å². The van der Waals surface area contributed by atoms with Crippen molar-refractivity contribution in [1.29, 1.82) is 0 Å². The first-order valence-corrected chi connectivity index (χ1v) is 4.84. The van der Waals surface area contributed by atoms with Crippen molar-refractivity contribution in [3.63, 3.8) is 0 Å². The lowest BCUT2D eigenvalue weighted by Crippen LogP contribution is -2.04. The Bertz CT molecular complexity index is 329. The lowest BCUT2D eigenvalue weighted by Gasteiger charge is -2.13. The van der Waals surface area contributed by atoms with Crippen LogP contribution in [0.5, 0.6) is 11.5 Å². The summed E-state index contributed by atoms with van der Waals surface area (Å²) in [5.41, 5.74) is 6.16. The summed E-state index contributed by atoms with van der Waals surface area (Å²) in [6.45, 7) is 0.558. The molecule has 0 aliphatic carbocycles. The number of nitrogens with two attached hydrogens (primary N) is 1. The van der Waals surface area contributed by atoms with Crippen molar-refractivity contribution in [2.45, 2.75) is 12.8 Å². The van der Waals surface area contributed by atoms with Gasteiger partial charge in [-0.3, -0.25) is 0 Å². The zero-order chi connectivity index (χ0) is 11.3. The number of methoxy groups -OCH3 is 2. The first kappa shape index (κ1) is 11.8. The predicted molar refractivity (Wildman–Crippen MR) is 56.9 cm³/mol. The Morgan fingerprint density at radius 2 is 2.00 bits per heavy atom. The third kappa shape index (κ3) is 2.59. The van der Waals surface area contributed by atoms with E-state index in [1.165, 1.54) is 13.2 Å². The molecule has 0 bridgehead atoms. The summed E-state index contributed by atoms with van der Waals surface area (Å²) in [7, 11) is 3.00. The molecule has 0 atom stereocenters. The minimum Gasteiger partial charge on any atom is -0.496 e.